The first-order chi connectivity index (χ1) is 12.7. The van der Waals surface area contributed by atoms with Crippen molar-refractivity contribution in [2.45, 2.75) is 19.3 Å². The zero-order valence-corrected chi connectivity index (χ0v) is 15.1. The van der Waals surface area contributed by atoms with Crippen molar-refractivity contribution >= 4 is 0 Å². The Hall–Kier alpha value is -1.79. The highest BCUT2D eigenvalue weighted by Gasteiger charge is 2.19. The SMILES string of the molecule is OC(COCc1ccccc1F)CN1CCN(Cc2ccccc2)CC1. The lowest BCUT2D eigenvalue weighted by Gasteiger charge is -2.35. The van der Waals surface area contributed by atoms with E-state index in [1.807, 2.05) is 6.07 Å². The molecule has 0 radical (unpaired) electrons. The molecular formula is C21H27FN2O2. The Balaban J connectivity index is 1.33. The molecule has 0 amide bonds. The molecule has 1 atom stereocenters. The second-order valence-corrected chi connectivity index (χ2v) is 6.82. The van der Waals surface area contributed by atoms with Crippen LogP contribution in [0.3, 0.4) is 0 Å². The van der Waals surface area contributed by atoms with Crippen LogP contribution in [-0.2, 0) is 17.9 Å². The molecule has 3 rings (SSSR count). The highest BCUT2D eigenvalue weighted by molar-refractivity contribution is 5.16. The molecule has 5 heteroatoms. The van der Waals surface area contributed by atoms with Gasteiger partial charge in [0, 0.05) is 44.8 Å². The van der Waals surface area contributed by atoms with E-state index in [0.29, 0.717) is 12.1 Å². The van der Waals surface area contributed by atoms with Gasteiger partial charge in [0.25, 0.3) is 0 Å². The third-order valence-corrected chi connectivity index (χ3v) is 4.71. The summed E-state index contributed by atoms with van der Waals surface area (Å²) in [5.41, 5.74) is 1.86. The normalized spacial score (nSPS) is 17.3. The summed E-state index contributed by atoms with van der Waals surface area (Å²) < 4.78 is 19.0. The summed E-state index contributed by atoms with van der Waals surface area (Å²) in [5, 5.41) is 10.2. The van der Waals surface area contributed by atoms with Crippen LogP contribution < -0.4 is 0 Å². The van der Waals surface area contributed by atoms with Crippen molar-refractivity contribution in [2.24, 2.45) is 0 Å². The van der Waals surface area contributed by atoms with Crippen molar-refractivity contribution in [3.05, 3.63) is 71.5 Å². The molecule has 1 unspecified atom stereocenters. The zero-order chi connectivity index (χ0) is 18.2. The number of aliphatic hydroxyl groups excluding tert-OH is 1. The number of rotatable bonds is 8. The number of hydrogen-bond donors (Lipinski definition) is 1. The second kappa shape index (κ2) is 9.78. The minimum absolute atomic E-state index is 0.189. The molecule has 1 saturated heterocycles. The molecule has 1 aliphatic rings. The Morgan fingerprint density at radius 3 is 2.31 bits per heavy atom. The van der Waals surface area contributed by atoms with Gasteiger partial charge in [-0.3, -0.25) is 9.80 Å². The predicted octanol–water partition coefficient (Wildman–Crippen LogP) is 2.52. The number of ether oxygens (including phenoxy) is 1. The van der Waals surface area contributed by atoms with Gasteiger partial charge in [0.1, 0.15) is 5.82 Å². The molecular weight excluding hydrogens is 331 g/mol. The summed E-state index contributed by atoms with van der Waals surface area (Å²) in [6.07, 6.45) is -0.553. The number of halogens is 1. The van der Waals surface area contributed by atoms with E-state index in [1.54, 1.807) is 18.2 Å². The third-order valence-electron chi connectivity index (χ3n) is 4.71. The summed E-state index contributed by atoms with van der Waals surface area (Å²) in [6, 6.07) is 17.1. The first kappa shape index (κ1) is 19.0. The summed E-state index contributed by atoms with van der Waals surface area (Å²) in [4.78, 5) is 4.70. The smallest absolute Gasteiger partial charge is 0.128 e. The number of β-amino-alcohol motifs (C(OH)–C–C–N with tert-alkyl or cyclic N) is 1. The van der Waals surface area contributed by atoms with Gasteiger partial charge in [-0.25, -0.2) is 4.39 Å². The molecule has 1 aliphatic heterocycles. The fraction of sp³-hybridized carbons (Fsp3) is 0.429. The summed E-state index contributed by atoms with van der Waals surface area (Å²) >= 11 is 0. The molecule has 2 aromatic carbocycles. The Kier molecular flexibility index (Phi) is 7.14. The highest BCUT2D eigenvalue weighted by Crippen LogP contribution is 2.10. The maximum atomic E-state index is 13.5. The molecule has 1 N–H and O–H groups in total. The fourth-order valence-electron chi connectivity index (χ4n) is 3.24. The molecule has 0 aliphatic carbocycles. The van der Waals surface area contributed by atoms with E-state index in [-0.39, 0.29) is 19.0 Å². The van der Waals surface area contributed by atoms with Crippen LogP contribution in [0.1, 0.15) is 11.1 Å². The number of nitrogens with zero attached hydrogens (tertiary/aromatic N) is 2. The quantitative estimate of drug-likeness (QED) is 0.787. The largest absolute Gasteiger partial charge is 0.389 e. The molecule has 140 valence electrons. The maximum absolute atomic E-state index is 13.5. The van der Waals surface area contributed by atoms with Crippen LogP contribution in [0, 0.1) is 5.82 Å². The van der Waals surface area contributed by atoms with Gasteiger partial charge >= 0.3 is 0 Å². The predicted molar refractivity (Wildman–Crippen MR) is 100 cm³/mol. The van der Waals surface area contributed by atoms with Crippen molar-refractivity contribution in [1.82, 2.24) is 9.80 Å². The third kappa shape index (κ3) is 5.88. The van der Waals surface area contributed by atoms with E-state index >= 15 is 0 Å². The van der Waals surface area contributed by atoms with Gasteiger partial charge in [0.05, 0.1) is 19.3 Å². The maximum Gasteiger partial charge on any atom is 0.128 e. The Bertz CT molecular complexity index is 660. The molecule has 26 heavy (non-hydrogen) atoms. The highest BCUT2D eigenvalue weighted by atomic mass is 19.1. The van der Waals surface area contributed by atoms with E-state index in [0.717, 1.165) is 32.7 Å². The molecule has 1 fully saturated rings. The van der Waals surface area contributed by atoms with Gasteiger partial charge in [0.15, 0.2) is 0 Å². The van der Waals surface area contributed by atoms with Crippen molar-refractivity contribution < 1.29 is 14.2 Å². The molecule has 0 saturated carbocycles. The van der Waals surface area contributed by atoms with E-state index in [9.17, 15) is 9.50 Å². The number of piperazine rings is 1. The van der Waals surface area contributed by atoms with Crippen molar-refractivity contribution in [2.75, 3.05) is 39.3 Å². The van der Waals surface area contributed by atoms with Gasteiger partial charge in [-0.05, 0) is 11.6 Å². The van der Waals surface area contributed by atoms with Crippen LogP contribution in [0.4, 0.5) is 4.39 Å². The summed E-state index contributed by atoms with van der Waals surface area (Å²) in [5.74, 6) is -0.267. The molecule has 0 aromatic heterocycles. The first-order valence-corrected chi connectivity index (χ1v) is 9.18. The number of hydrogen-bond acceptors (Lipinski definition) is 4. The van der Waals surface area contributed by atoms with Crippen LogP contribution in [-0.4, -0.2) is 60.3 Å². The summed E-state index contributed by atoms with van der Waals surface area (Å²) in [7, 11) is 0. The second-order valence-electron chi connectivity index (χ2n) is 6.82. The van der Waals surface area contributed by atoms with E-state index < -0.39 is 6.10 Å². The number of aliphatic hydroxyl groups is 1. The Morgan fingerprint density at radius 1 is 0.923 bits per heavy atom. The topological polar surface area (TPSA) is 35.9 Å². The van der Waals surface area contributed by atoms with Gasteiger partial charge in [-0.15, -0.1) is 0 Å². The molecule has 0 spiro atoms. The Labute approximate surface area is 154 Å². The van der Waals surface area contributed by atoms with E-state index in [1.165, 1.54) is 11.6 Å². The average Bonchev–Trinajstić information content (AvgIpc) is 2.66. The van der Waals surface area contributed by atoms with E-state index in [2.05, 4.69) is 34.1 Å². The van der Waals surface area contributed by atoms with Gasteiger partial charge < -0.3 is 9.84 Å². The lowest BCUT2D eigenvalue weighted by molar-refractivity contribution is 0.000255. The van der Waals surface area contributed by atoms with Gasteiger partial charge in [-0.2, -0.15) is 0 Å². The average molecular weight is 358 g/mol. The lowest BCUT2D eigenvalue weighted by atomic mass is 10.2. The minimum atomic E-state index is -0.553. The van der Waals surface area contributed by atoms with Crippen LogP contribution in [0.5, 0.6) is 0 Å². The van der Waals surface area contributed by atoms with Gasteiger partial charge in [0.2, 0.25) is 0 Å². The Morgan fingerprint density at radius 2 is 1.58 bits per heavy atom. The lowest BCUT2D eigenvalue weighted by Crippen LogP contribution is -2.48. The van der Waals surface area contributed by atoms with Crippen molar-refractivity contribution in [3.63, 3.8) is 0 Å². The monoisotopic (exact) mass is 358 g/mol. The standard InChI is InChI=1S/C21H27FN2O2/c22-21-9-5-4-8-19(21)16-26-17-20(25)15-24-12-10-23(11-13-24)14-18-6-2-1-3-7-18/h1-9,20,25H,10-17H2. The molecule has 1 heterocycles. The van der Waals surface area contributed by atoms with Crippen LogP contribution >= 0.6 is 0 Å². The molecule has 4 nitrogen and oxygen atoms in total. The first-order valence-electron chi connectivity index (χ1n) is 9.18. The number of benzene rings is 2. The van der Waals surface area contributed by atoms with Crippen LogP contribution in [0.15, 0.2) is 54.6 Å². The molecule has 2 aromatic rings. The van der Waals surface area contributed by atoms with Crippen molar-refractivity contribution in [3.8, 4) is 0 Å². The van der Waals surface area contributed by atoms with Crippen LogP contribution in [0.25, 0.3) is 0 Å². The minimum Gasteiger partial charge on any atom is -0.389 e. The zero-order valence-electron chi connectivity index (χ0n) is 15.1. The van der Waals surface area contributed by atoms with Crippen molar-refractivity contribution in [1.29, 1.82) is 0 Å². The van der Waals surface area contributed by atoms with E-state index in [4.69, 9.17) is 4.74 Å². The molecule has 0 bridgehead atoms. The van der Waals surface area contributed by atoms with Gasteiger partial charge in [-0.1, -0.05) is 48.5 Å². The summed E-state index contributed by atoms with van der Waals surface area (Å²) in [6.45, 7) is 5.86. The fourth-order valence-corrected chi connectivity index (χ4v) is 3.24. The van der Waals surface area contributed by atoms with Crippen LogP contribution in [0.2, 0.25) is 0 Å².